The third-order valence-corrected chi connectivity index (χ3v) is 4.56. The molecule has 0 bridgehead atoms. The van der Waals surface area contributed by atoms with Gasteiger partial charge in [-0.15, -0.1) is 0 Å². The summed E-state index contributed by atoms with van der Waals surface area (Å²) in [4.78, 5) is 29.3. The van der Waals surface area contributed by atoms with Crippen LogP contribution in [0.3, 0.4) is 0 Å². The van der Waals surface area contributed by atoms with Crippen molar-refractivity contribution in [3.05, 3.63) is 47.5 Å². The van der Waals surface area contributed by atoms with E-state index in [2.05, 4.69) is 10.6 Å². The summed E-state index contributed by atoms with van der Waals surface area (Å²) < 4.78 is 12.0. The molecule has 0 atom stereocenters. The molecule has 0 fully saturated rings. The molecule has 1 aliphatic heterocycles. The molecule has 2 aromatic carbocycles. The molecule has 30 heavy (non-hydrogen) atoms. The van der Waals surface area contributed by atoms with Crippen LogP contribution < -0.4 is 20.1 Å². The highest BCUT2D eigenvalue weighted by Crippen LogP contribution is 2.48. The number of hydrogen-bond acceptors (Lipinski definition) is 6. The molecular formula is C22H28N4O4. The lowest BCUT2D eigenvalue weighted by molar-refractivity contribution is 0.0944. The fraction of sp³-hybridized carbons (Fsp3) is 0.364. The third-order valence-electron chi connectivity index (χ3n) is 4.56. The number of para-hydroxylation sites is 2. The second kappa shape index (κ2) is 9.60. The van der Waals surface area contributed by atoms with Crippen LogP contribution in [0, 0.1) is 0 Å². The molecule has 1 aliphatic rings. The fourth-order valence-corrected chi connectivity index (χ4v) is 2.96. The minimum absolute atomic E-state index is 0.256. The lowest BCUT2D eigenvalue weighted by Gasteiger charge is -2.24. The average Bonchev–Trinajstić information content (AvgIpc) is 2.70. The number of rotatable bonds is 8. The van der Waals surface area contributed by atoms with Crippen molar-refractivity contribution in [3.63, 3.8) is 0 Å². The van der Waals surface area contributed by atoms with Gasteiger partial charge in [0.2, 0.25) is 0 Å². The van der Waals surface area contributed by atoms with Crippen molar-refractivity contribution in [2.45, 2.75) is 0 Å². The quantitative estimate of drug-likeness (QED) is 0.590. The van der Waals surface area contributed by atoms with Gasteiger partial charge in [-0.2, -0.15) is 0 Å². The van der Waals surface area contributed by atoms with Gasteiger partial charge in [-0.1, -0.05) is 12.1 Å². The number of hydrogen-bond donors (Lipinski definition) is 2. The molecule has 0 spiro atoms. The Hall–Kier alpha value is -3.10. The highest BCUT2D eigenvalue weighted by atomic mass is 16.6. The molecule has 0 saturated heterocycles. The summed E-state index contributed by atoms with van der Waals surface area (Å²) in [5.41, 5.74) is 0.722. The largest absolute Gasteiger partial charge is 0.449 e. The summed E-state index contributed by atoms with van der Waals surface area (Å²) in [5, 5.41) is 5.76. The summed E-state index contributed by atoms with van der Waals surface area (Å²) >= 11 is 0. The molecule has 0 unspecified atom stereocenters. The number of amides is 2. The molecule has 2 N–H and O–H groups in total. The topological polar surface area (TPSA) is 83.1 Å². The zero-order valence-electron chi connectivity index (χ0n) is 17.8. The predicted molar refractivity (Wildman–Crippen MR) is 115 cm³/mol. The minimum atomic E-state index is -0.256. The summed E-state index contributed by atoms with van der Waals surface area (Å²) in [6.07, 6.45) is 0. The Bertz CT molecular complexity index is 854. The van der Waals surface area contributed by atoms with Crippen LogP contribution in [0.4, 0.5) is 0 Å². The van der Waals surface area contributed by atoms with Crippen molar-refractivity contribution in [2.24, 2.45) is 0 Å². The van der Waals surface area contributed by atoms with Crippen LogP contribution in [0.5, 0.6) is 23.0 Å². The molecule has 8 nitrogen and oxygen atoms in total. The van der Waals surface area contributed by atoms with E-state index < -0.39 is 0 Å². The molecular weight excluding hydrogens is 384 g/mol. The maximum atomic E-state index is 12.7. The van der Waals surface area contributed by atoms with Gasteiger partial charge in [0.15, 0.2) is 23.0 Å². The van der Waals surface area contributed by atoms with Gasteiger partial charge in [0.25, 0.3) is 11.8 Å². The third kappa shape index (κ3) is 5.08. The average molecular weight is 412 g/mol. The van der Waals surface area contributed by atoms with E-state index in [1.54, 1.807) is 36.4 Å². The van der Waals surface area contributed by atoms with E-state index in [1.807, 2.05) is 38.0 Å². The second-order valence-corrected chi connectivity index (χ2v) is 7.59. The van der Waals surface area contributed by atoms with Crippen molar-refractivity contribution in [2.75, 3.05) is 54.4 Å². The number of nitrogens with one attached hydrogen (secondary N) is 2. The van der Waals surface area contributed by atoms with Crippen molar-refractivity contribution >= 4 is 11.8 Å². The van der Waals surface area contributed by atoms with Crippen LogP contribution in [0.1, 0.15) is 20.7 Å². The highest BCUT2D eigenvalue weighted by Gasteiger charge is 2.28. The zero-order valence-corrected chi connectivity index (χ0v) is 17.8. The first-order valence-corrected chi connectivity index (χ1v) is 9.84. The Kier molecular flexibility index (Phi) is 6.91. The number of likely N-dealkylation sites (N-methyl/N-ethyl adjacent to an activating group) is 2. The maximum Gasteiger partial charge on any atom is 0.255 e. The molecule has 0 radical (unpaired) electrons. The molecule has 1 heterocycles. The van der Waals surface area contributed by atoms with E-state index in [-0.39, 0.29) is 11.8 Å². The van der Waals surface area contributed by atoms with Crippen LogP contribution >= 0.6 is 0 Å². The van der Waals surface area contributed by atoms with Crippen molar-refractivity contribution in [1.82, 2.24) is 20.4 Å². The smallest absolute Gasteiger partial charge is 0.255 e. The minimum Gasteiger partial charge on any atom is -0.449 e. The van der Waals surface area contributed by atoms with Crippen molar-refractivity contribution in [3.8, 4) is 23.0 Å². The van der Waals surface area contributed by atoms with E-state index in [4.69, 9.17) is 9.47 Å². The SMILES string of the molecule is CN(C)CCNC(=O)c1cccc2c1Oc1c(cccc1C(=O)NCCN(C)C)O2. The number of carbonyl (C=O) groups excluding carboxylic acids is 2. The van der Waals surface area contributed by atoms with Gasteiger partial charge in [-0.05, 0) is 52.5 Å². The number of ether oxygens (including phenoxy) is 2. The highest BCUT2D eigenvalue weighted by molar-refractivity contribution is 6.00. The van der Waals surface area contributed by atoms with E-state index >= 15 is 0 Å². The molecule has 0 aromatic heterocycles. The fourth-order valence-electron chi connectivity index (χ4n) is 2.96. The summed E-state index contributed by atoms with van der Waals surface area (Å²) in [6, 6.07) is 10.3. The van der Waals surface area contributed by atoms with Crippen LogP contribution in [0.2, 0.25) is 0 Å². The Morgan fingerprint density at radius 3 is 1.57 bits per heavy atom. The Morgan fingerprint density at radius 2 is 1.17 bits per heavy atom. The lowest BCUT2D eigenvalue weighted by Crippen LogP contribution is -2.32. The van der Waals surface area contributed by atoms with Gasteiger partial charge >= 0.3 is 0 Å². The van der Waals surface area contributed by atoms with Gasteiger partial charge in [-0.25, -0.2) is 0 Å². The van der Waals surface area contributed by atoms with E-state index in [1.165, 1.54) is 0 Å². The van der Waals surface area contributed by atoms with Gasteiger partial charge in [0, 0.05) is 26.2 Å². The Morgan fingerprint density at radius 1 is 0.733 bits per heavy atom. The second-order valence-electron chi connectivity index (χ2n) is 7.59. The van der Waals surface area contributed by atoms with Crippen LogP contribution in [0.25, 0.3) is 0 Å². The Balaban J connectivity index is 1.82. The standard InChI is InChI=1S/C22H28N4O4/c1-25(2)13-11-23-21(27)15-7-5-9-17-19(15)30-20-16(8-6-10-18(20)29-17)22(28)24-12-14-26(3)4/h5-10H,11-14H2,1-4H3,(H,23,27)(H,24,28). The maximum absolute atomic E-state index is 12.7. The van der Waals surface area contributed by atoms with Crippen molar-refractivity contribution < 1.29 is 19.1 Å². The molecule has 0 saturated carbocycles. The number of benzene rings is 2. The van der Waals surface area contributed by atoms with E-state index in [0.717, 1.165) is 13.1 Å². The Labute approximate surface area is 176 Å². The van der Waals surface area contributed by atoms with E-state index in [0.29, 0.717) is 47.2 Å². The number of carbonyl (C=O) groups is 2. The monoisotopic (exact) mass is 412 g/mol. The summed E-state index contributed by atoms with van der Waals surface area (Å²) in [5.74, 6) is 0.977. The van der Waals surface area contributed by atoms with Gasteiger partial charge in [-0.3, -0.25) is 9.59 Å². The predicted octanol–water partition coefficient (Wildman–Crippen LogP) is 2.17. The number of fused-ring (bicyclic) bond motifs is 2. The molecule has 0 aliphatic carbocycles. The van der Waals surface area contributed by atoms with Crippen LogP contribution in [-0.2, 0) is 0 Å². The summed E-state index contributed by atoms with van der Waals surface area (Å²) in [7, 11) is 7.76. The van der Waals surface area contributed by atoms with E-state index in [9.17, 15) is 9.59 Å². The molecule has 8 heteroatoms. The normalized spacial score (nSPS) is 11.9. The molecule has 2 amide bonds. The molecule has 3 rings (SSSR count). The first-order chi connectivity index (χ1) is 14.4. The first kappa shape index (κ1) is 21.6. The summed E-state index contributed by atoms with van der Waals surface area (Å²) in [6.45, 7) is 2.45. The van der Waals surface area contributed by atoms with Gasteiger partial charge in [0.05, 0.1) is 11.1 Å². The van der Waals surface area contributed by atoms with Gasteiger partial charge < -0.3 is 29.9 Å². The zero-order chi connectivity index (χ0) is 21.7. The lowest BCUT2D eigenvalue weighted by atomic mass is 10.1. The van der Waals surface area contributed by atoms with Crippen molar-refractivity contribution in [1.29, 1.82) is 0 Å². The van der Waals surface area contributed by atoms with Gasteiger partial charge in [0.1, 0.15) is 0 Å². The number of nitrogens with zero attached hydrogens (tertiary/aromatic N) is 2. The first-order valence-electron chi connectivity index (χ1n) is 9.84. The van der Waals surface area contributed by atoms with Crippen LogP contribution in [0.15, 0.2) is 36.4 Å². The van der Waals surface area contributed by atoms with Crippen LogP contribution in [-0.4, -0.2) is 76.0 Å². The molecule has 160 valence electrons. The molecule has 2 aromatic rings.